The van der Waals surface area contributed by atoms with Gasteiger partial charge in [0.1, 0.15) is 11.6 Å². The van der Waals surface area contributed by atoms with E-state index in [0.717, 1.165) is 37.2 Å². The van der Waals surface area contributed by atoms with Gasteiger partial charge in [-0.1, -0.05) is 0 Å². The Labute approximate surface area is 102 Å². The Bertz CT molecular complexity index is 342. The monoisotopic (exact) mass is 240 g/mol. The number of rotatable bonds is 7. The van der Waals surface area contributed by atoms with Crippen LogP contribution in [0.25, 0.3) is 0 Å². The van der Waals surface area contributed by atoms with Gasteiger partial charge in [-0.15, -0.1) is 0 Å². The maximum atomic E-state index is 13.1. The molecule has 4 heteroatoms. The molecule has 0 aliphatic rings. The Morgan fingerprint density at radius 2 is 2.18 bits per heavy atom. The van der Waals surface area contributed by atoms with Crippen molar-refractivity contribution in [1.82, 2.24) is 5.32 Å². The number of nitrogens with two attached hydrogens (primary N) is 1. The Morgan fingerprint density at radius 1 is 1.41 bits per heavy atom. The van der Waals surface area contributed by atoms with Crippen LogP contribution in [0.3, 0.4) is 0 Å². The van der Waals surface area contributed by atoms with Crippen LogP contribution in [0.15, 0.2) is 18.2 Å². The van der Waals surface area contributed by atoms with E-state index in [4.69, 9.17) is 10.5 Å². The fourth-order valence-corrected chi connectivity index (χ4v) is 1.62. The van der Waals surface area contributed by atoms with Crippen molar-refractivity contribution in [2.45, 2.75) is 25.8 Å². The first-order chi connectivity index (χ1) is 8.13. The Kier molecular flexibility index (Phi) is 5.94. The fourth-order valence-electron chi connectivity index (χ4n) is 1.62. The lowest BCUT2D eigenvalue weighted by Crippen LogP contribution is -2.25. The molecule has 1 atom stereocenters. The zero-order chi connectivity index (χ0) is 12.7. The minimum Gasteiger partial charge on any atom is -0.496 e. The van der Waals surface area contributed by atoms with Gasteiger partial charge in [-0.3, -0.25) is 0 Å². The molecular formula is C13H21FN2O. The molecule has 0 fully saturated rings. The molecule has 1 aromatic rings. The molecule has 17 heavy (non-hydrogen) atoms. The number of halogens is 1. The number of methoxy groups -OCH3 is 1. The SMILES string of the molecule is COc1ccc(F)cc1CCNCCC(C)N. The second kappa shape index (κ2) is 7.25. The molecule has 0 aliphatic carbocycles. The molecule has 0 saturated carbocycles. The second-order valence-corrected chi connectivity index (χ2v) is 4.22. The molecule has 0 amide bonds. The van der Waals surface area contributed by atoms with Gasteiger partial charge in [0.2, 0.25) is 0 Å². The Morgan fingerprint density at radius 3 is 2.82 bits per heavy atom. The first-order valence-electron chi connectivity index (χ1n) is 5.92. The zero-order valence-corrected chi connectivity index (χ0v) is 10.5. The first kappa shape index (κ1) is 13.9. The number of ether oxygens (including phenoxy) is 1. The summed E-state index contributed by atoms with van der Waals surface area (Å²) in [6.45, 7) is 3.67. The summed E-state index contributed by atoms with van der Waals surface area (Å²) in [5.41, 5.74) is 6.53. The van der Waals surface area contributed by atoms with Crippen molar-refractivity contribution in [3.63, 3.8) is 0 Å². The van der Waals surface area contributed by atoms with Crippen LogP contribution < -0.4 is 15.8 Å². The number of hydrogen-bond acceptors (Lipinski definition) is 3. The van der Waals surface area contributed by atoms with E-state index >= 15 is 0 Å². The first-order valence-corrected chi connectivity index (χ1v) is 5.92. The van der Waals surface area contributed by atoms with Crippen LogP contribution in [0.5, 0.6) is 5.75 Å². The predicted octanol–water partition coefficient (Wildman–Crippen LogP) is 1.70. The number of hydrogen-bond donors (Lipinski definition) is 2. The third kappa shape index (κ3) is 5.15. The maximum Gasteiger partial charge on any atom is 0.123 e. The highest BCUT2D eigenvalue weighted by Crippen LogP contribution is 2.19. The normalized spacial score (nSPS) is 12.5. The lowest BCUT2D eigenvalue weighted by atomic mass is 10.1. The fraction of sp³-hybridized carbons (Fsp3) is 0.538. The Balaban J connectivity index is 2.37. The van der Waals surface area contributed by atoms with E-state index in [1.54, 1.807) is 13.2 Å². The molecule has 0 bridgehead atoms. The van der Waals surface area contributed by atoms with E-state index in [1.165, 1.54) is 12.1 Å². The van der Waals surface area contributed by atoms with Gasteiger partial charge >= 0.3 is 0 Å². The molecule has 0 radical (unpaired) electrons. The van der Waals surface area contributed by atoms with E-state index in [0.29, 0.717) is 0 Å². The minimum atomic E-state index is -0.226. The molecule has 0 saturated heterocycles. The van der Waals surface area contributed by atoms with Crippen molar-refractivity contribution in [2.75, 3.05) is 20.2 Å². The van der Waals surface area contributed by atoms with Crippen LogP contribution >= 0.6 is 0 Å². The summed E-state index contributed by atoms with van der Waals surface area (Å²) < 4.78 is 18.3. The van der Waals surface area contributed by atoms with E-state index in [9.17, 15) is 4.39 Å². The summed E-state index contributed by atoms with van der Waals surface area (Å²) in [6.07, 6.45) is 1.69. The van der Waals surface area contributed by atoms with Crippen LogP contribution in [0.1, 0.15) is 18.9 Å². The third-order valence-electron chi connectivity index (χ3n) is 2.59. The standard InChI is InChI=1S/C13H21FN2O/c1-10(15)5-7-16-8-6-11-9-12(14)3-4-13(11)17-2/h3-4,9-10,16H,5-8,15H2,1-2H3. The molecular weight excluding hydrogens is 219 g/mol. The van der Waals surface area contributed by atoms with Crippen LogP contribution in [-0.2, 0) is 6.42 Å². The highest BCUT2D eigenvalue weighted by atomic mass is 19.1. The highest BCUT2D eigenvalue weighted by molar-refractivity contribution is 5.34. The van der Waals surface area contributed by atoms with Gasteiger partial charge in [-0.2, -0.15) is 0 Å². The minimum absolute atomic E-state index is 0.214. The molecule has 3 nitrogen and oxygen atoms in total. The predicted molar refractivity (Wildman–Crippen MR) is 67.8 cm³/mol. The number of nitrogens with one attached hydrogen (secondary N) is 1. The molecule has 1 unspecified atom stereocenters. The van der Waals surface area contributed by atoms with Gasteiger partial charge in [-0.25, -0.2) is 4.39 Å². The summed E-state index contributed by atoms with van der Waals surface area (Å²) in [7, 11) is 1.60. The summed E-state index contributed by atoms with van der Waals surface area (Å²) in [5, 5.41) is 3.28. The quantitative estimate of drug-likeness (QED) is 0.713. The molecule has 0 heterocycles. The maximum absolute atomic E-state index is 13.1. The number of benzene rings is 1. The van der Waals surface area contributed by atoms with Crippen molar-refractivity contribution < 1.29 is 9.13 Å². The average Bonchev–Trinajstić information content (AvgIpc) is 2.28. The smallest absolute Gasteiger partial charge is 0.123 e. The summed E-state index contributed by atoms with van der Waals surface area (Å²) >= 11 is 0. The van der Waals surface area contributed by atoms with Gasteiger partial charge < -0.3 is 15.8 Å². The third-order valence-corrected chi connectivity index (χ3v) is 2.59. The molecule has 0 aromatic heterocycles. The molecule has 3 N–H and O–H groups in total. The van der Waals surface area contributed by atoms with Crippen molar-refractivity contribution in [2.24, 2.45) is 5.73 Å². The van der Waals surface area contributed by atoms with Crippen molar-refractivity contribution in [3.8, 4) is 5.75 Å². The molecule has 0 aliphatic heterocycles. The molecule has 0 spiro atoms. The van der Waals surface area contributed by atoms with Crippen LogP contribution in [-0.4, -0.2) is 26.2 Å². The topological polar surface area (TPSA) is 47.3 Å². The molecule has 1 rings (SSSR count). The zero-order valence-electron chi connectivity index (χ0n) is 10.5. The van der Waals surface area contributed by atoms with Gasteiger partial charge in [0.25, 0.3) is 0 Å². The van der Waals surface area contributed by atoms with Crippen molar-refractivity contribution >= 4 is 0 Å². The second-order valence-electron chi connectivity index (χ2n) is 4.22. The van der Waals surface area contributed by atoms with Crippen molar-refractivity contribution in [1.29, 1.82) is 0 Å². The van der Waals surface area contributed by atoms with E-state index in [1.807, 2.05) is 6.92 Å². The summed E-state index contributed by atoms with van der Waals surface area (Å²) in [5.74, 6) is 0.511. The van der Waals surface area contributed by atoms with Crippen LogP contribution in [0.2, 0.25) is 0 Å². The largest absolute Gasteiger partial charge is 0.496 e. The lowest BCUT2D eigenvalue weighted by molar-refractivity contribution is 0.407. The van der Waals surface area contributed by atoms with Gasteiger partial charge in [0, 0.05) is 6.04 Å². The Hall–Kier alpha value is -1.13. The summed E-state index contributed by atoms with van der Waals surface area (Å²) in [6, 6.07) is 4.80. The average molecular weight is 240 g/mol. The van der Waals surface area contributed by atoms with E-state index in [-0.39, 0.29) is 11.9 Å². The van der Waals surface area contributed by atoms with Gasteiger partial charge in [0.05, 0.1) is 7.11 Å². The van der Waals surface area contributed by atoms with Crippen molar-refractivity contribution in [3.05, 3.63) is 29.6 Å². The highest BCUT2D eigenvalue weighted by Gasteiger charge is 2.04. The van der Waals surface area contributed by atoms with Gasteiger partial charge in [-0.05, 0) is 56.6 Å². The van der Waals surface area contributed by atoms with Crippen LogP contribution in [0, 0.1) is 5.82 Å². The molecule has 96 valence electrons. The van der Waals surface area contributed by atoms with Gasteiger partial charge in [0.15, 0.2) is 0 Å². The lowest BCUT2D eigenvalue weighted by Gasteiger charge is -2.10. The molecule has 1 aromatic carbocycles. The summed E-state index contributed by atoms with van der Waals surface area (Å²) in [4.78, 5) is 0. The van der Waals surface area contributed by atoms with E-state index in [2.05, 4.69) is 5.32 Å². The van der Waals surface area contributed by atoms with Crippen LogP contribution in [0.4, 0.5) is 4.39 Å². The van der Waals surface area contributed by atoms with E-state index < -0.39 is 0 Å².